The SMILES string of the molecule is CC(C)(C)OC(=O)C[C@@H]1C[C@H](CO)[C@H]2OC(C)(C)O[C@@]12C. The summed E-state index contributed by atoms with van der Waals surface area (Å²) in [5, 5.41) is 9.58. The Bertz CT molecular complexity index is 411. The summed E-state index contributed by atoms with van der Waals surface area (Å²) in [6, 6.07) is 0. The fourth-order valence-corrected chi connectivity index (χ4v) is 3.68. The molecule has 0 bridgehead atoms. The number of fused-ring (bicyclic) bond motifs is 1. The lowest BCUT2D eigenvalue weighted by atomic mass is 9.88. The zero-order valence-corrected chi connectivity index (χ0v) is 13.9. The Kier molecular flexibility index (Phi) is 4.15. The third kappa shape index (κ3) is 3.41. The number of aliphatic hydroxyl groups excluding tert-OH is 1. The predicted octanol–water partition coefficient (Wildman–Crippen LogP) is 2.26. The van der Waals surface area contributed by atoms with E-state index in [1.165, 1.54) is 0 Å². The summed E-state index contributed by atoms with van der Waals surface area (Å²) in [6.45, 7) is 11.4. The van der Waals surface area contributed by atoms with Gasteiger partial charge in [-0.15, -0.1) is 0 Å². The standard InChI is InChI=1S/C16H28O5/c1-14(2,3)19-12(18)8-11-7-10(9-17)13-16(11,6)21-15(4,5)20-13/h10-11,13,17H,7-9H2,1-6H3/t10-,11+,13-,16+/m1/s1. The Morgan fingerprint density at radius 1 is 1.33 bits per heavy atom. The van der Waals surface area contributed by atoms with Crippen molar-refractivity contribution in [1.82, 2.24) is 0 Å². The first-order chi connectivity index (χ1) is 9.47. The van der Waals surface area contributed by atoms with Gasteiger partial charge in [-0.05, 0) is 48.0 Å². The van der Waals surface area contributed by atoms with Gasteiger partial charge in [0.05, 0.1) is 18.1 Å². The second kappa shape index (κ2) is 5.21. The molecule has 21 heavy (non-hydrogen) atoms. The number of rotatable bonds is 3. The smallest absolute Gasteiger partial charge is 0.306 e. The van der Waals surface area contributed by atoms with Crippen molar-refractivity contribution >= 4 is 5.97 Å². The second-order valence-electron chi connectivity index (χ2n) is 7.89. The van der Waals surface area contributed by atoms with E-state index in [4.69, 9.17) is 14.2 Å². The van der Waals surface area contributed by atoms with Crippen molar-refractivity contribution in [2.45, 2.75) is 77.5 Å². The second-order valence-corrected chi connectivity index (χ2v) is 7.89. The number of carbonyl (C=O) groups is 1. The van der Waals surface area contributed by atoms with Crippen molar-refractivity contribution in [2.75, 3.05) is 6.61 Å². The molecule has 0 amide bonds. The van der Waals surface area contributed by atoms with Crippen LogP contribution in [0, 0.1) is 11.8 Å². The molecular formula is C16H28O5. The summed E-state index contributed by atoms with van der Waals surface area (Å²) in [5.41, 5.74) is -1.04. The highest BCUT2D eigenvalue weighted by Crippen LogP contribution is 2.53. The first kappa shape index (κ1) is 16.7. The average molecular weight is 300 g/mol. The number of esters is 1. The molecule has 1 heterocycles. The Hall–Kier alpha value is -0.650. The minimum atomic E-state index is -0.681. The molecule has 1 saturated heterocycles. The van der Waals surface area contributed by atoms with Crippen LogP contribution >= 0.6 is 0 Å². The first-order valence-corrected chi connectivity index (χ1v) is 7.67. The van der Waals surface area contributed by atoms with Crippen LogP contribution < -0.4 is 0 Å². The minimum Gasteiger partial charge on any atom is -0.460 e. The maximum atomic E-state index is 12.1. The van der Waals surface area contributed by atoms with E-state index in [2.05, 4.69) is 0 Å². The van der Waals surface area contributed by atoms with Crippen LogP contribution in [-0.2, 0) is 19.0 Å². The molecule has 122 valence electrons. The van der Waals surface area contributed by atoms with E-state index in [1.54, 1.807) is 0 Å². The molecular weight excluding hydrogens is 272 g/mol. The zero-order valence-electron chi connectivity index (χ0n) is 13.9. The normalized spacial score (nSPS) is 38.3. The predicted molar refractivity (Wildman–Crippen MR) is 77.6 cm³/mol. The lowest BCUT2D eigenvalue weighted by Gasteiger charge is -2.31. The highest BCUT2D eigenvalue weighted by Gasteiger charge is 2.61. The summed E-state index contributed by atoms with van der Waals surface area (Å²) in [6.07, 6.45) is 0.831. The number of hydrogen-bond donors (Lipinski definition) is 1. The molecule has 0 aromatic heterocycles. The highest BCUT2D eigenvalue weighted by atomic mass is 16.8. The van der Waals surface area contributed by atoms with E-state index in [1.807, 2.05) is 41.5 Å². The van der Waals surface area contributed by atoms with Gasteiger partial charge < -0.3 is 19.3 Å². The summed E-state index contributed by atoms with van der Waals surface area (Å²) < 4.78 is 17.5. The Balaban J connectivity index is 2.12. The van der Waals surface area contributed by atoms with Crippen LogP contribution in [0.25, 0.3) is 0 Å². The molecule has 2 aliphatic rings. The van der Waals surface area contributed by atoms with E-state index in [9.17, 15) is 9.90 Å². The molecule has 5 nitrogen and oxygen atoms in total. The van der Waals surface area contributed by atoms with Crippen LogP contribution in [0.3, 0.4) is 0 Å². The first-order valence-electron chi connectivity index (χ1n) is 7.67. The molecule has 5 heteroatoms. The zero-order chi connectivity index (χ0) is 16.1. The quantitative estimate of drug-likeness (QED) is 0.810. The van der Waals surface area contributed by atoms with E-state index < -0.39 is 17.0 Å². The number of carbonyl (C=O) groups excluding carboxylic acids is 1. The minimum absolute atomic E-state index is 0.00345. The van der Waals surface area contributed by atoms with Crippen molar-refractivity contribution in [3.63, 3.8) is 0 Å². The van der Waals surface area contributed by atoms with Crippen LogP contribution in [0.5, 0.6) is 0 Å². The molecule has 1 aliphatic heterocycles. The highest BCUT2D eigenvalue weighted by molar-refractivity contribution is 5.70. The molecule has 1 N–H and O–H groups in total. The van der Waals surface area contributed by atoms with Crippen LogP contribution in [0.15, 0.2) is 0 Å². The third-order valence-electron chi connectivity index (χ3n) is 4.34. The maximum absolute atomic E-state index is 12.1. The molecule has 2 rings (SSSR count). The molecule has 2 fully saturated rings. The Morgan fingerprint density at radius 3 is 2.48 bits per heavy atom. The molecule has 0 aromatic rings. The molecule has 1 aliphatic carbocycles. The molecule has 0 radical (unpaired) electrons. The van der Waals surface area contributed by atoms with E-state index in [0.717, 1.165) is 0 Å². The Morgan fingerprint density at radius 2 is 1.95 bits per heavy atom. The van der Waals surface area contributed by atoms with Crippen molar-refractivity contribution in [1.29, 1.82) is 0 Å². The largest absolute Gasteiger partial charge is 0.460 e. The molecule has 0 unspecified atom stereocenters. The summed E-state index contributed by atoms with van der Waals surface area (Å²) in [7, 11) is 0. The molecule has 0 aromatic carbocycles. The van der Waals surface area contributed by atoms with Crippen molar-refractivity contribution in [3.05, 3.63) is 0 Å². The van der Waals surface area contributed by atoms with Gasteiger partial charge >= 0.3 is 5.97 Å². The van der Waals surface area contributed by atoms with Gasteiger partial charge in [-0.2, -0.15) is 0 Å². The van der Waals surface area contributed by atoms with E-state index >= 15 is 0 Å². The third-order valence-corrected chi connectivity index (χ3v) is 4.34. The fraction of sp³-hybridized carbons (Fsp3) is 0.938. The van der Waals surface area contributed by atoms with Gasteiger partial charge in [0.1, 0.15) is 5.60 Å². The summed E-state index contributed by atoms with van der Waals surface area (Å²) in [5.74, 6) is -0.903. The monoisotopic (exact) mass is 300 g/mol. The fourth-order valence-electron chi connectivity index (χ4n) is 3.68. The van der Waals surface area contributed by atoms with Gasteiger partial charge in [0.2, 0.25) is 0 Å². The summed E-state index contributed by atoms with van der Waals surface area (Å²) in [4.78, 5) is 12.1. The van der Waals surface area contributed by atoms with Crippen molar-refractivity contribution < 1.29 is 24.1 Å². The maximum Gasteiger partial charge on any atom is 0.306 e. The summed E-state index contributed by atoms with van der Waals surface area (Å²) >= 11 is 0. The van der Waals surface area contributed by atoms with E-state index in [-0.39, 0.29) is 30.5 Å². The van der Waals surface area contributed by atoms with Gasteiger partial charge in [0.15, 0.2) is 5.79 Å². The van der Waals surface area contributed by atoms with Crippen LogP contribution in [0.1, 0.15) is 54.4 Å². The number of ether oxygens (including phenoxy) is 3. The van der Waals surface area contributed by atoms with Gasteiger partial charge in [0.25, 0.3) is 0 Å². The van der Waals surface area contributed by atoms with Crippen molar-refractivity contribution in [2.24, 2.45) is 11.8 Å². The number of aliphatic hydroxyl groups is 1. The average Bonchev–Trinajstić information content (AvgIpc) is 2.64. The van der Waals surface area contributed by atoms with Gasteiger partial charge in [-0.25, -0.2) is 0 Å². The van der Waals surface area contributed by atoms with Crippen LogP contribution in [0.2, 0.25) is 0 Å². The van der Waals surface area contributed by atoms with E-state index in [0.29, 0.717) is 12.8 Å². The molecule has 4 atom stereocenters. The lowest BCUT2D eigenvalue weighted by molar-refractivity contribution is -0.182. The number of hydrogen-bond acceptors (Lipinski definition) is 5. The topological polar surface area (TPSA) is 65.0 Å². The molecule has 0 spiro atoms. The van der Waals surface area contributed by atoms with Gasteiger partial charge in [-0.1, -0.05) is 0 Å². The lowest BCUT2D eigenvalue weighted by Crippen LogP contribution is -2.41. The van der Waals surface area contributed by atoms with Crippen LogP contribution in [-0.4, -0.2) is 40.8 Å². The van der Waals surface area contributed by atoms with Crippen LogP contribution in [0.4, 0.5) is 0 Å². The van der Waals surface area contributed by atoms with Gasteiger partial charge in [-0.3, -0.25) is 4.79 Å². The van der Waals surface area contributed by atoms with Crippen molar-refractivity contribution in [3.8, 4) is 0 Å². The Labute approximate surface area is 126 Å². The van der Waals surface area contributed by atoms with Gasteiger partial charge in [0, 0.05) is 18.4 Å². The molecule has 1 saturated carbocycles.